The number of carbonyl (C=O) groups excluding carboxylic acids is 3. The molecule has 0 radical (unpaired) electrons. The summed E-state index contributed by atoms with van der Waals surface area (Å²) >= 11 is 0. The van der Waals surface area contributed by atoms with Crippen molar-refractivity contribution in [3.8, 4) is 0 Å². The summed E-state index contributed by atoms with van der Waals surface area (Å²) in [5.74, 6) is -2.86. The third kappa shape index (κ3) is 2.90. The molecule has 22 heavy (non-hydrogen) atoms. The van der Waals surface area contributed by atoms with Crippen LogP contribution >= 0.6 is 0 Å². The van der Waals surface area contributed by atoms with Crippen molar-refractivity contribution in [2.24, 2.45) is 0 Å². The Bertz CT molecular complexity index is 650. The van der Waals surface area contributed by atoms with Gasteiger partial charge in [0.05, 0.1) is 5.69 Å². The van der Waals surface area contributed by atoms with Crippen molar-refractivity contribution in [1.29, 1.82) is 0 Å². The minimum atomic E-state index is -1.05. The van der Waals surface area contributed by atoms with Gasteiger partial charge in [0, 0.05) is 6.07 Å². The molecule has 8 heteroatoms. The molecule has 0 saturated carbocycles. The predicted molar refractivity (Wildman–Crippen MR) is 73.9 cm³/mol. The first-order valence-corrected chi connectivity index (χ1v) is 6.66. The van der Waals surface area contributed by atoms with Crippen molar-refractivity contribution < 1.29 is 23.2 Å². The van der Waals surface area contributed by atoms with E-state index in [4.69, 9.17) is 0 Å². The van der Waals surface area contributed by atoms with Crippen LogP contribution < -0.4 is 10.6 Å². The first-order valence-electron chi connectivity index (χ1n) is 6.66. The fourth-order valence-corrected chi connectivity index (χ4v) is 2.06. The predicted octanol–water partition coefficient (Wildman–Crippen LogP) is 1.62. The monoisotopic (exact) mass is 311 g/mol. The first-order chi connectivity index (χ1) is 10.3. The number of hydrogen-bond donors (Lipinski definition) is 2. The number of anilines is 1. The lowest BCUT2D eigenvalue weighted by Gasteiger charge is -2.19. The maximum atomic E-state index is 13.4. The molecule has 118 valence electrons. The van der Waals surface area contributed by atoms with E-state index in [1.807, 2.05) is 0 Å². The van der Waals surface area contributed by atoms with Crippen LogP contribution in [0.5, 0.6) is 0 Å². The van der Waals surface area contributed by atoms with Crippen LogP contribution in [0.3, 0.4) is 0 Å². The van der Waals surface area contributed by atoms with Crippen molar-refractivity contribution in [2.45, 2.75) is 25.8 Å². The van der Waals surface area contributed by atoms with Gasteiger partial charge in [-0.1, -0.05) is 6.92 Å². The summed E-state index contributed by atoms with van der Waals surface area (Å²) in [5.41, 5.74) is -1.41. The highest BCUT2D eigenvalue weighted by Crippen LogP contribution is 2.21. The Morgan fingerprint density at radius 3 is 2.64 bits per heavy atom. The van der Waals surface area contributed by atoms with E-state index in [9.17, 15) is 23.2 Å². The number of carbonyl (C=O) groups is 3. The van der Waals surface area contributed by atoms with Crippen LogP contribution in [-0.4, -0.2) is 34.8 Å². The highest BCUT2D eigenvalue weighted by molar-refractivity contribution is 6.09. The van der Waals surface area contributed by atoms with Crippen LogP contribution in [0.15, 0.2) is 18.2 Å². The van der Waals surface area contributed by atoms with E-state index in [2.05, 4.69) is 10.6 Å². The fraction of sp³-hybridized carbons (Fsp3) is 0.357. The van der Waals surface area contributed by atoms with Crippen LogP contribution in [0.25, 0.3) is 0 Å². The summed E-state index contributed by atoms with van der Waals surface area (Å²) in [4.78, 5) is 36.4. The van der Waals surface area contributed by atoms with Gasteiger partial charge in [-0.15, -0.1) is 0 Å². The van der Waals surface area contributed by atoms with Gasteiger partial charge in [0.2, 0.25) is 5.91 Å². The zero-order valence-electron chi connectivity index (χ0n) is 12.1. The second-order valence-electron chi connectivity index (χ2n) is 5.18. The first kappa shape index (κ1) is 15.9. The Balaban J connectivity index is 2.08. The molecule has 1 fully saturated rings. The number of amides is 4. The molecule has 0 aromatic heterocycles. The topological polar surface area (TPSA) is 78.5 Å². The van der Waals surface area contributed by atoms with Crippen LogP contribution in [0.1, 0.15) is 20.3 Å². The molecule has 2 rings (SSSR count). The molecule has 0 spiro atoms. The van der Waals surface area contributed by atoms with Gasteiger partial charge < -0.3 is 10.6 Å². The number of rotatable bonds is 4. The summed E-state index contributed by atoms with van der Waals surface area (Å²) in [6.07, 6.45) is 0.369. The standard InChI is InChI=1S/C14H15F2N3O3/c1-3-14(2)12(21)19(13(22)18-14)7-11(20)17-10-6-8(15)4-5-9(10)16/h4-6H,3,7H2,1-2H3,(H,17,20)(H,18,22)/t14-/m0/s1. The quantitative estimate of drug-likeness (QED) is 0.830. The SMILES string of the molecule is CC[C@]1(C)NC(=O)N(CC(=O)Nc2cc(F)ccc2F)C1=O. The summed E-state index contributed by atoms with van der Waals surface area (Å²) in [7, 11) is 0. The van der Waals surface area contributed by atoms with Crippen molar-refractivity contribution in [1.82, 2.24) is 10.2 Å². The second kappa shape index (κ2) is 5.70. The fourth-order valence-electron chi connectivity index (χ4n) is 2.06. The number of hydrogen-bond acceptors (Lipinski definition) is 3. The molecule has 0 bridgehead atoms. The highest BCUT2D eigenvalue weighted by Gasteiger charge is 2.46. The van der Waals surface area contributed by atoms with Crippen molar-refractivity contribution >= 4 is 23.5 Å². The normalized spacial score (nSPS) is 21.0. The minimum Gasteiger partial charge on any atom is -0.323 e. The van der Waals surface area contributed by atoms with Crippen molar-refractivity contribution in [2.75, 3.05) is 11.9 Å². The third-order valence-corrected chi connectivity index (χ3v) is 3.56. The molecule has 4 amide bonds. The average molecular weight is 311 g/mol. The van der Waals surface area contributed by atoms with Crippen LogP contribution in [0.2, 0.25) is 0 Å². The number of nitrogens with zero attached hydrogens (tertiary/aromatic N) is 1. The van der Waals surface area contributed by atoms with Gasteiger partial charge in [-0.3, -0.25) is 14.5 Å². The lowest BCUT2D eigenvalue weighted by atomic mass is 9.99. The van der Waals surface area contributed by atoms with Crippen molar-refractivity contribution in [3.63, 3.8) is 0 Å². The largest absolute Gasteiger partial charge is 0.325 e. The zero-order chi connectivity index (χ0) is 16.5. The highest BCUT2D eigenvalue weighted by atomic mass is 19.1. The molecule has 1 aliphatic heterocycles. The molecule has 6 nitrogen and oxygen atoms in total. The molecule has 2 N–H and O–H groups in total. The number of imide groups is 1. The lowest BCUT2D eigenvalue weighted by molar-refractivity contribution is -0.133. The number of halogens is 2. The number of benzene rings is 1. The Hall–Kier alpha value is -2.51. The summed E-state index contributed by atoms with van der Waals surface area (Å²) in [6, 6.07) is 1.90. The molecule has 1 heterocycles. The lowest BCUT2D eigenvalue weighted by Crippen LogP contribution is -2.44. The molecule has 1 saturated heterocycles. The summed E-state index contributed by atoms with van der Waals surface area (Å²) in [6.45, 7) is 2.71. The Kier molecular flexibility index (Phi) is 4.11. The van der Waals surface area contributed by atoms with Gasteiger partial charge in [0.15, 0.2) is 0 Å². The minimum absolute atomic E-state index is 0.352. The second-order valence-corrected chi connectivity index (χ2v) is 5.18. The summed E-state index contributed by atoms with van der Waals surface area (Å²) < 4.78 is 26.5. The van der Waals surface area contributed by atoms with Crippen LogP contribution in [-0.2, 0) is 9.59 Å². The number of urea groups is 1. The van der Waals surface area contributed by atoms with Gasteiger partial charge in [-0.2, -0.15) is 0 Å². The van der Waals surface area contributed by atoms with E-state index in [-0.39, 0.29) is 5.69 Å². The molecular weight excluding hydrogens is 296 g/mol. The van der Waals surface area contributed by atoms with E-state index in [0.29, 0.717) is 6.42 Å². The van der Waals surface area contributed by atoms with E-state index in [1.54, 1.807) is 13.8 Å². The average Bonchev–Trinajstić information content (AvgIpc) is 2.67. The van der Waals surface area contributed by atoms with Crippen LogP contribution in [0, 0.1) is 11.6 Å². The van der Waals surface area contributed by atoms with Crippen molar-refractivity contribution in [3.05, 3.63) is 29.8 Å². The van der Waals surface area contributed by atoms with E-state index in [0.717, 1.165) is 23.1 Å². The molecule has 1 atom stereocenters. The van der Waals surface area contributed by atoms with Gasteiger partial charge in [0.25, 0.3) is 5.91 Å². The van der Waals surface area contributed by atoms with Gasteiger partial charge >= 0.3 is 6.03 Å². The van der Waals surface area contributed by atoms with Gasteiger partial charge in [0.1, 0.15) is 23.7 Å². The maximum absolute atomic E-state index is 13.4. The smallest absolute Gasteiger partial charge is 0.323 e. The summed E-state index contributed by atoms with van der Waals surface area (Å²) in [5, 5.41) is 4.63. The Morgan fingerprint density at radius 1 is 1.36 bits per heavy atom. The van der Waals surface area contributed by atoms with E-state index in [1.165, 1.54) is 0 Å². The molecular formula is C14H15F2N3O3. The molecule has 1 aromatic carbocycles. The maximum Gasteiger partial charge on any atom is 0.325 e. The molecule has 1 aliphatic rings. The molecule has 1 aromatic rings. The molecule has 0 aliphatic carbocycles. The Labute approximate surface area is 125 Å². The van der Waals surface area contributed by atoms with E-state index >= 15 is 0 Å². The van der Waals surface area contributed by atoms with Gasteiger partial charge in [-0.05, 0) is 25.5 Å². The Morgan fingerprint density at radius 2 is 2.05 bits per heavy atom. The third-order valence-electron chi connectivity index (χ3n) is 3.56. The van der Waals surface area contributed by atoms with Crippen LogP contribution in [0.4, 0.5) is 19.3 Å². The zero-order valence-corrected chi connectivity index (χ0v) is 12.1. The molecule has 0 unspecified atom stereocenters. The number of nitrogens with one attached hydrogen (secondary N) is 2. The van der Waals surface area contributed by atoms with E-state index < -0.39 is 41.6 Å². The van der Waals surface area contributed by atoms with Gasteiger partial charge in [-0.25, -0.2) is 13.6 Å².